The number of hydrogen-bond acceptors (Lipinski definition) is 5. The second-order valence-electron chi connectivity index (χ2n) is 4.57. The minimum atomic E-state index is 0.102. The van der Waals surface area contributed by atoms with Crippen LogP contribution in [-0.2, 0) is 0 Å². The molecule has 5 heteroatoms. The number of aromatic nitrogens is 3. The third kappa shape index (κ3) is 3.44. The predicted octanol–water partition coefficient (Wildman–Crippen LogP) is 2.89. The van der Waals surface area contributed by atoms with Crippen molar-refractivity contribution in [1.29, 1.82) is 0 Å². The van der Waals surface area contributed by atoms with E-state index in [-0.39, 0.29) is 6.04 Å². The molecule has 2 aromatic rings. The second kappa shape index (κ2) is 6.84. The smallest absolute Gasteiger partial charge is 0.128 e. The third-order valence-corrected chi connectivity index (χ3v) is 3.25. The summed E-state index contributed by atoms with van der Waals surface area (Å²) < 4.78 is 0. The molecule has 0 bridgehead atoms. The zero-order chi connectivity index (χ0) is 14.4. The van der Waals surface area contributed by atoms with Crippen LogP contribution in [0.5, 0.6) is 0 Å². The summed E-state index contributed by atoms with van der Waals surface area (Å²) in [6.45, 7) is 8.25. The Morgan fingerprint density at radius 2 is 1.90 bits per heavy atom. The molecule has 0 fully saturated rings. The van der Waals surface area contributed by atoms with Gasteiger partial charge in [0.25, 0.3) is 0 Å². The number of hydrogen-bond donors (Lipinski definition) is 1. The minimum Gasteiger partial charge on any atom is -0.376 e. The highest BCUT2D eigenvalue weighted by Gasteiger charge is 2.08. The maximum atomic E-state index is 4.49. The Kier molecular flexibility index (Phi) is 4.87. The highest BCUT2D eigenvalue weighted by atomic mass is 15.2. The van der Waals surface area contributed by atoms with E-state index in [1.165, 1.54) is 0 Å². The fourth-order valence-corrected chi connectivity index (χ4v) is 2.06. The van der Waals surface area contributed by atoms with Crippen LogP contribution in [0.3, 0.4) is 0 Å². The Bertz CT molecular complexity index is 508. The fourth-order valence-electron chi connectivity index (χ4n) is 2.06. The molecule has 0 aliphatic carbocycles. The van der Waals surface area contributed by atoms with Crippen molar-refractivity contribution in [3.63, 3.8) is 0 Å². The summed E-state index contributed by atoms with van der Waals surface area (Å²) in [5, 5.41) is 3.38. The van der Waals surface area contributed by atoms with E-state index in [0.717, 1.165) is 30.3 Å². The molecule has 1 unspecified atom stereocenters. The molecule has 0 aliphatic heterocycles. The van der Waals surface area contributed by atoms with Crippen LogP contribution in [0.1, 0.15) is 32.5 Å². The van der Waals surface area contributed by atoms with Gasteiger partial charge in [-0.1, -0.05) is 0 Å². The zero-order valence-electron chi connectivity index (χ0n) is 12.2. The maximum Gasteiger partial charge on any atom is 0.128 e. The van der Waals surface area contributed by atoms with Crippen molar-refractivity contribution in [2.45, 2.75) is 26.8 Å². The number of rotatable bonds is 6. The van der Waals surface area contributed by atoms with Gasteiger partial charge < -0.3 is 10.2 Å². The van der Waals surface area contributed by atoms with Gasteiger partial charge in [0.2, 0.25) is 0 Å². The monoisotopic (exact) mass is 271 g/mol. The molecular weight excluding hydrogens is 250 g/mol. The summed E-state index contributed by atoms with van der Waals surface area (Å²) in [7, 11) is 0. The highest BCUT2D eigenvalue weighted by molar-refractivity contribution is 5.49. The normalized spacial score (nSPS) is 11.9. The van der Waals surface area contributed by atoms with Crippen LogP contribution in [0.15, 0.2) is 36.9 Å². The van der Waals surface area contributed by atoms with E-state index in [9.17, 15) is 0 Å². The summed E-state index contributed by atoms with van der Waals surface area (Å²) in [4.78, 5) is 15.1. The Morgan fingerprint density at radius 1 is 1.10 bits per heavy atom. The van der Waals surface area contributed by atoms with Gasteiger partial charge in [-0.15, -0.1) is 0 Å². The summed E-state index contributed by atoms with van der Waals surface area (Å²) in [6, 6.07) is 4.19. The maximum absolute atomic E-state index is 4.49. The lowest BCUT2D eigenvalue weighted by atomic mass is 10.2. The van der Waals surface area contributed by atoms with E-state index in [1.54, 1.807) is 18.6 Å². The molecule has 0 aromatic carbocycles. The fraction of sp³-hybridized carbons (Fsp3) is 0.400. The molecule has 106 valence electrons. The van der Waals surface area contributed by atoms with Crippen molar-refractivity contribution < 1.29 is 0 Å². The molecule has 2 rings (SSSR count). The average Bonchev–Trinajstić information content (AvgIpc) is 2.51. The summed E-state index contributed by atoms with van der Waals surface area (Å²) in [6.07, 6.45) is 7.02. The van der Waals surface area contributed by atoms with Crippen molar-refractivity contribution in [3.8, 4) is 0 Å². The van der Waals surface area contributed by atoms with Gasteiger partial charge in [-0.2, -0.15) is 0 Å². The van der Waals surface area contributed by atoms with Crippen molar-refractivity contribution >= 4 is 11.5 Å². The second-order valence-corrected chi connectivity index (χ2v) is 4.57. The first kappa shape index (κ1) is 14.2. The van der Waals surface area contributed by atoms with Gasteiger partial charge in [0.1, 0.15) is 5.82 Å². The summed E-state index contributed by atoms with van der Waals surface area (Å²) >= 11 is 0. The van der Waals surface area contributed by atoms with E-state index in [0.29, 0.717) is 0 Å². The molecule has 0 aliphatic rings. The van der Waals surface area contributed by atoms with Gasteiger partial charge >= 0.3 is 0 Å². The van der Waals surface area contributed by atoms with E-state index in [2.05, 4.69) is 45.9 Å². The molecular formula is C15H21N5. The first-order valence-electron chi connectivity index (χ1n) is 6.98. The van der Waals surface area contributed by atoms with E-state index in [4.69, 9.17) is 0 Å². The Labute approximate surface area is 120 Å². The van der Waals surface area contributed by atoms with Crippen LogP contribution in [-0.4, -0.2) is 28.0 Å². The Balaban J connectivity index is 2.04. The standard InChI is InChI=1S/C15H21N5/c1-4-20(5-2)15-7-6-13(10-18-15)19-12(3)14-11-16-8-9-17-14/h6-12,19H,4-5H2,1-3H3. The van der Waals surface area contributed by atoms with Crippen LogP contribution < -0.4 is 10.2 Å². The minimum absolute atomic E-state index is 0.102. The molecule has 2 aromatic heterocycles. The van der Waals surface area contributed by atoms with Gasteiger partial charge in [0, 0.05) is 25.5 Å². The van der Waals surface area contributed by atoms with Crippen LogP contribution >= 0.6 is 0 Å². The number of nitrogens with one attached hydrogen (secondary N) is 1. The van der Waals surface area contributed by atoms with Gasteiger partial charge in [-0.25, -0.2) is 4.98 Å². The van der Waals surface area contributed by atoms with Crippen LogP contribution in [0.2, 0.25) is 0 Å². The lowest BCUT2D eigenvalue weighted by Gasteiger charge is -2.20. The molecule has 0 spiro atoms. The van der Waals surface area contributed by atoms with Gasteiger partial charge in [-0.05, 0) is 32.9 Å². The topological polar surface area (TPSA) is 53.9 Å². The molecule has 0 saturated carbocycles. The zero-order valence-corrected chi connectivity index (χ0v) is 12.2. The predicted molar refractivity (Wildman–Crippen MR) is 81.9 cm³/mol. The molecule has 0 amide bonds. The molecule has 1 atom stereocenters. The number of anilines is 2. The van der Waals surface area contributed by atoms with Crippen LogP contribution in [0, 0.1) is 0 Å². The van der Waals surface area contributed by atoms with E-state index >= 15 is 0 Å². The van der Waals surface area contributed by atoms with Crippen LogP contribution in [0.25, 0.3) is 0 Å². The van der Waals surface area contributed by atoms with Crippen molar-refractivity contribution in [1.82, 2.24) is 15.0 Å². The molecule has 20 heavy (non-hydrogen) atoms. The quantitative estimate of drug-likeness (QED) is 0.875. The SMILES string of the molecule is CCN(CC)c1ccc(NC(C)c2cnccn2)cn1. The van der Waals surface area contributed by atoms with Gasteiger partial charge in [-0.3, -0.25) is 9.97 Å². The number of pyridine rings is 1. The molecule has 1 N–H and O–H groups in total. The lowest BCUT2D eigenvalue weighted by molar-refractivity contribution is 0.823. The largest absolute Gasteiger partial charge is 0.376 e. The first-order valence-corrected chi connectivity index (χ1v) is 6.98. The molecule has 2 heterocycles. The van der Waals surface area contributed by atoms with Crippen molar-refractivity contribution in [2.24, 2.45) is 0 Å². The average molecular weight is 271 g/mol. The van der Waals surface area contributed by atoms with Gasteiger partial charge in [0.15, 0.2) is 0 Å². The summed E-state index contributed by atoms with van der Waals surface area (Å²) in [5.41, 5.74) is 1.90. The van der Waals surface area contributed by atoms with Crippen LogP contribution in [0.4, 0.5) is 11.5 Å². The molecule has 0 radical (unpaired) electrons. The van der Waals surface area contributed by atoms with Crippen molar-refractivity contribution in [3.05, 3.63) is 42.6 Å². The first-order chi connectivity index (χ1) is 9.74. The third-order valence-electron chi connectivity index (χ3n) is 3.25. The molecule has 0 saturated heterocycles. The Morgan fingerprint density at radius 3 is 2.45 bits per heavy atom. The van der Waals surface area contributed by atoms with E-state index in [1.807, 2.05) is 18.3 Å². The van der Waals surface area contributed by atoms with Gasteiger partial charge in [0.05, 0.1) is 29.8 Å². The van der Waals surface area contributed by atoms with E-state index < -0.39 is 0 Å². The summed E-state index contributed by atoms with van der Waals surface area (Å²) in [5.74, 6) is 1.01. The highest BCUT2D eigenvalue weighted by Crippen LogP contribution is 2.18. The van der Waals surface area contributed by atoms with Crippen molar-refractivity contribution in [2.75, 3.05) is 23.3 Å². The molecule has 5 nitrogen and oxygen atoms in total. The number of nitrogens with zero attached hydrogens (tertiary/aromatic N) is 4. The lowest BCUT2D eigenvalue weighted by Crippen LogP contribution is -2.22. The Hall–Kier alpha value is -2.17.